The summed E-state index contributed by atoms with van der Waals surface area (Å²) in [5, 5.41) is 0. The molecule has 1 atom stereocenters. The number of amides is 1. The Morgan fingerprint density at radius 2 is 1.62 bits per heavy atom. The van der Waals surface area contributed by atoms with Gasteiger partial charge in [-0.25, -0.2) is 0 Å². The molecule has 2 aromatic rings. The molecule has 2 rings (SSSR count). The molecule has 0 fully saturated rings. The van der Waals surface area contributed by atoms with Gasteiger partial charge in [-0.05, 0) is 31.5 Å². The molecule has 1 amide bonds. The number of rotatable bonds is 6. The minimum absolute atomic E-state index is 0.00482. The van der Waals surface area contributed by atoms with Crippen molar-refractivity contribution in [3.05, 3.63) is 66.2 Å². The Bertz CT molecular complexity index is 554. The molecule has 0 radical (unpaired) electrons. The number of hydrogen-bond acceptors (Lipinski definition) is 2. The first-order chi connectivity index (χ1) is 10.2. The Kier molecular flexibility index (Phi) is 5.38. The third-order valence-electron chi connectivity index (χ3n) is 3.31. The van der Waals surface area contributed by atoms with Gasteiger partial charge in [0.1, 0.15) is 5.75 Å². The Balaban J connectivity index is 1.99. The summed E-state index contributed by atoms with van der Waals surface area (Å²) >= 11 is 0. The van der Waals surface area contributed by atoms with Gasteiger partial charge in [0, 0.05) is 13.1 Å². The minimum Gasteiger partial charge on any atom is -0.481 e. The van der Waals surface area contributed by atoms with Crippen LogP contribution in [-0.2, 0) is 11.3 Å². The lowest BCUT2D eigenvalue weighted by Gasteiger charge is -2.25. The number of nitrogens with zero attached hydrogens (tertiary/aromatic N) is 1. The van der Waals surface area contributed by atoms with Crippen molar-refractivity contribution in [2.24, 2.45) is 0 Å². The molecular formula is C18H21NO2. The second-order valence-electron chi connectivity index (χ2n) is 4.91. The molecule has 0 bridgehead atoms. The maximum absolute atomic E-state index is 12.5. The number of benzene rings is 2. The van der Waals surface area contributed by atoms with Crippen molar-refractivity contribution in [2.45, 2.75) is 26.5 Å². The molecule has 0 spiro atoms. The van der Waals surface area contributed by atoms with E-state index in [-0.39, 0.29) is 5.91 Å². The lowest BCUT2D eigenvalue weighted by Crippen LogP contribution is -2.39. The predicted molar refractivity (Wildman–Crippen MR) is 84.1 cm³/mol. The fourth-order valence-corrected chi connectivity index (χ4v) is 2.16. The van der Waals surface area contributed by atoms with Gasteiger partial charge in [0.05, 0.1) is 0 Å². The third kappa shape index (κ3) is 4.35. The van der Waals surface area contributed by atoms with Crippen LogP contribution in [0.25, 0.3) is 0 Å². The van der Waals surface area contributed by atoms with E-state index in [9.17, 15) is 4.79 Å². The van der Waals surface area contributed by atoms with Crippen molar-refractivity contribution in [1.82, 2.24) is 4.90 Å². The summed E-state index contributed by atoms with van der Waals surface area (Å²) < 4.78 is 5.71. The number of carbonyl (C=O) groups is 1. The third-order valence-corrected chi connectivity index (χ3v) is 3.31. The van der Waals surface area contributed by atoms with Crippen LogP contribution in [0, 0.1) is 0 Å². The molecule has 0 saturated carbocycles. The summed E-state index contributed by atoms with van der Waals surface area (Å²) in [5.74, 6) is 0.722. The van der Waals surface area contributed by atoms with Crippen LogP contribution in [0.15, 0.2) is 60.7 Å². The average Bonchev–Trinajstić information content (AvgIpc) is 2.54. The van der Waals surface area contributed by atoms with Gasteiger partial charge in [0.2, 0.25) is 0 Å². The summed E-state index contributed by atoms with van der Waals surface area (Å²) in [5.41, 5.74) is 1.12. The van der Waals surface area contributed by atoms with E-state index < -0.39 is 6.10 Å². The van der Waals surface area contributed by atoms with Gasteiger partial charge in [-0.3, -0.25) is 4.79 Å². The highest BCUT2D eigenvalue weighted by molar-refractivity contribution is 5.80. The van der Waals surface area contributed by atoms with Gasteiger partial charge in [-0.15, -0.1) is 0 Å². The van der Waals surface area contributed by atoms with Gasteiger partial charge in [0.25, 0.3) is 5.91 Å². The predicted octanol–water partition coefficient (Wildman–Crippen LogP) is 3.50. The second kappa shape index (κ2) is 7.48. The van der Waals surface area contributed by atoms with E-state index >= 15 is 0 Å². The molecule has 0 unspecified atom stereocenters. The smallest absolute Gasteiger partial charge is 0.263 e. The standard InChI is InChI=1S/C18H21NO2/c1-3-19(14-16-10-6-4-7-11-16)18(20)15(2)21-17-12-8-5-9-13-17/h4-13,15H,3,14H2,1-2H3/t15-/m1/s1. The monoisotopic (exact) mass is 283 g/mol. The van der Waals surface area contributed by atoms with Gasteiger partial charge < -0.3 is 9.64 Å². The van der Waals surface area contributed by atoms with Crippen molar-refractivity contribution >= 4 is 5.91 Å². The number of carbonyl (C=O) groups excluding carboxylic acids is 1. The minimum atomic E-state index is -0.490. The average molecular weight is 283 g/mol. The second-order valence-corrected chi connectivity index (χ2v) is 4.91. The highest BCUT2D eigenvalue weighted by Gasteiger charge is 2.21. The van der Waals surface area contributed by atoms with E-state index in [1.54, 1.807) is 6.92 Å². The van der Waals surface area contributed by atoms with Gasteiger partial charge in [-0.1, -0.05) is 48.5 Å². The first-order valence-electron chi connectivity index (χ1n) is 7.25. The zero-order valence-corrected chi connectivity index (χ0v) is 12.5. The van der Waals surface area contributed by atoms with Crippen LogP contribution in [-0.4, -0.2) is 23.5 Å². The maximum atomic E-state index is 12.5. The van der Waals surface area contributed by atoms with Crippen LogP contribution in [0.4, 0.5) is 0 Å². The maximum Gasteiger partial charge on any atom is 0.263 e. The Labute approximate surface area is 126 Å². The molecule has 0 saturated heterocycles. The van der Waals surface area contributed by atoms with Gasteiger partial charge in [-0.2, -0.15) is 0 Å². The summed E-state index contributed by atoms with van der Waals surface area (Å²) in [4.78, 5) is 14.3. The fraction of sp³-hybridized carbons (Fsp3) is 0.278. The van der Waals surface area contributed by atoms with Crippen molar-refractivity contribution in [1.29, 1.82) is 0 Å². The molecule has 0 aliphatic heterocycles. The van der Waals surface area contributed by atoms with E-state index in [4.69, 9.17) is 4.74 Å². The van der Waals surface area contributed by atoms with Crippen molar-refractivity contribution in [3.63, 3.8) is 0 Å². The van der Waals surface area contributed by atoms with Gasteiger partial charge in [0.15, 0.2) is 6.10 Å². The molecule has 3 nitrogen and oxygen atoms in total. The highest BCUT2D eigenvalue weighted by Crippen LogP contribution is 2.13. The first kappa shape index (κ1) is 15.1. The quantitative estimate of drug-likeness (QED) is 0.812. The molecular weight excluding hydrogens is 262 g/mol. The van der Waals surface area contributed by atoms with Crippen LogP contribution in [0.1, 0.15) is 19.4 Å². The van der Waals surface area contributed by atoms with Crippen LogP contribution in [0.2, 0.25) is 0 Å². The fourth-order valence-electron chi connectivity index (χ4n) is 2.16. The van der Waals surface area contributed by atoms with Crippen LogP contribution < -0.4 is 4.74 Å². The summed E-state index contributed by atoms with van der Waals surface area (Å²) in [7, 11) is 0. The zero-order valence-electron chi connectivity index (χ0n) is 12.5. The van der Waals surface area contributed by atoms with Gasteiger partial charge >= 0.3 is 0 Å². The molecule has 3 heteroatoms. The SMILES string of the molecule is CCN(Cc1ccccc1)C(=O)[C@@H](C)Oc1ccccc1. The van der Waals surface area contributed by atoms with Crippen LogP contribution in [0.5, 0.6) is 5.75 Å². The first-order valence-corrected chi connectivity index (χ1v) is 7.25. The largest absolute Gasteiger partial charge is 0.481 e. The molecule has 0 N–H and O–H groups in total. The number of ether oxygens (including phenoxy) is 1. The molecule has 21 heavy (non-hydrogen) atoms. The molecule has 0 heterocycles. The topological polar surface area (TPSA) is 29.5 Å². The molecule has 0 aliphatic carbocycles. The summed E-state index contributed by atoms with van der Waals surface area (Å²) in [6.45, 7) is 5.05. The Hall–Kier alpha value is -2.29. The number of para-hydroxylation sites is 1. The summed E-state index contributed by atoms with van der Waals surface area (Å²) in [6, 6.07) is 19.4. The lowest BCUT2D eigenvalue weighted by atomic mass is 10.2. The normalized spacial score (nSPS) is 11.7. The lowest BCUT2D eigenvalue weighted by molar-refractivity contribution is -0.138. The van der Waals surface area contributed by atoms with E-state index in [1.807, 2.05) is 72.5 Å². The zero-order chi connectivity index (χ0) is 15.1. The Morgan fingerprint density at radius 3 is 2.19 bits per heavy atom. The molecule has 110 valence electrons. The summed E-state index contributed by atoms with van der Waals surface area (Å²) in [6.07, 6.45) is -0.490. The highest BCUT2D eigenvalue weighted by atomic mass is 16.5. The van der Waals surface area contributed by atoms with E-state index in [2.05, 4.69) is 0 Å². The number of hydrogen-bond donors (Lipinski definition) is 0. The number of likely N-dealkylation sites (N-methyl/N-ethyl adjacent to an activating group) is 1. The molecule has 0 aliphatic rings. The van der Waals surface area contributed by atoms with E-state index in [0.29, 0.717) is 18.8 Å². The molecule has 0 aromatic heterocycles. The van der Waals surface area contributed by atoms with Crippen molar-refractivity contribution < 1.29 is 9.53 Å². The molecule has 2 aromatic carbocycles. The van der Waals surface area contributed by atoms with Crippen LogP contribution in [0.3, 0.4) is 0 Å². The van der Waals surface area contributed by atoms with E-state index in [1.165, 1.54) is 0 Å². The van der Waals surface area contributed by atoms with E-state index in [0.717, 1.165) is 5.56 Å². The van der Waals surface area contributed by atoms with Crippen LogP contribution >= 0.6 is 0 Å². The Morgan fingerprint density at radius 1 is 1.05 bits per heavy atom. The van der Waals surface area contributed by atoms with Crippen molar-refractivity contribution in [3.8, 4) is 5.75 Å². The van der Waals surface area contributed by atoms with Crippen molar-refractivity contribution in [2.75, 3.05) is 6.54 Å².